The van der Waals surface area contributed by atoms with Crippen LogP contribution in [0.5, 0.6) is 11.5 Å². The molecule has 0 aliphatic heterocycles. The molecule has 0 saturated carbocycles. The molecule has 0 heterocycles. The maximum atomic E-state index is 11.8. The van der Waals surface area contributed by atoms with Crippen molar-refractivity contribution in [3.8, 4) is 11.5 Å². The molecule has 0 saturated heterocycles. The summed E-state index contributed by atoms with van der Waals surface area (Å²) in [4.78, 5) is 23.5. The fraction of sp³-hybridized carbons (Fsp3) is 0.529. The van der Waals surface area contributed by atoms with E-state index >= 15 is 0 Å². The Morgan fingerprint density at radius 1 is 1.12 bits per heavy atom. The third-order valence-corrected chi connectivity index (χ3v) is 3.70. The van der Waals surface area contributed by atoms with Crippen LogP contribution in [-0.2, 0) is 9.59 Å². The van der Waals surface area contributed by atoms with E-state index in [0.29, 0.717) is 17.1 Å². The highest BCUT2D eigenvalue weighted by Gasteiger charge is 2.18. The predicted molar refractivity (Wildman–Crippen MR) is 101 cm³/mol. The van der Waals surface area contributed by atoms with Gasteiger partial charge in [-0.15, -0.1) is 12.4 Å². The van der Waals surface area contributed by atoms with Gasteiger partial charge in [-0.25, -0.2) is 0 Å². The molecule has 2 atom stereocenters. The minimum absolute atomic E-state index is 0. The number of methoxy groups -OCH3 is 2. The van der Waals surface area contributed by atoms with Crippen LogP contribution in [0.25, 0.3) is 0 Å². The zero-order valence-electron chi connectivity index (χ0n) is 15.4. The first-order chi connectivity index (χ1) is 11.8. The van der Waals surface area contributed by atoms with Gasteiger partial charge in [-0.1, -0.05) is 13.8 Å². The fourth-order valence-corrected chi connectivity index (χ4v) is 2.00. The van der Waals surface area contributed by atoms with Crippen molar-refractivity contribution in [1.82, 2.24) is 10.6 Å². The van der Waals surface area contributed by atoms with Crippen molar-refractivity contribution in [2.24, 2.45) is 11.7 Å². The first-order valence-corrected chi connectivity index (χ1v) is 7.99. The Morgan fingerprint density at radius 3 is 2.12 bits per heavy atom. The molecule has 0 bridgehead atoms. The molecule has 148 valence electrons. The molecule has 0 aliphatic carbocycles. The number of carbonyl (C=O) groups is 2. The number of rotatable bonds is 9. The molecule has 5 N–H and O–H groups in total. The first-order valence-electron chi connectivity index (χ1n) is 7.99. The second kappa shape index (κ2) is 11.6. The predicted octanol–water partition coefficient (Wildman–Crippen LogP) is 0.375. The summed E-state index contributed by atoms with van der Waals surface area (Å²) >= 11 is 0. The van der Waals surface area contributed by atoms with Gasteiger partial charge in [-0.2, -0.15) is 0 Å². The van der Waals surface area contributed by atoms with Gasteiger partial charge in [0, 0.05) is 12.6 Å². The van der Waals surface area contributed by atoms with Crippen molar-refractivity contribution < 1.29 is 24.2 Å². The molecule has 1 unspecified atom stereocenters. The summed E-state index contributed by atoms with van der Waals surface area (Å²) < 4.78 is 10.3. The van der Waals surface area contributed by atoms with E-state index in [1.54, 1.807) is 18.2 Å². The molecule has 0 aliphatic rings. The van der Waals surface area contributed by atoms with E-state index < -0.39 is 18.1 Å². The SMILES string of the molecule is COc1cc(OC)cc(C(O)CNC(=O)CNC(=O)[C@@H](N)C(C)C)c1.Cl. The van der Waals surface area contributed by atoms with E-state index in [1.165, 1.54) is 14.2 Å². The van der Waals surface area contributed by atoms with Crippen LogP contribution < -0.4 is 25.8 Å². The molecule has 9 heteroatoms. The van der Waals surface area contributed by atoms with E-state index in [1.807, 2.05) is 13.8 Å². The van der Waals surface area contributed by atoms with Crippen LogP contribution in [0.15, 0.2) is 18.2 Å². The van der Waals surface area contributed by atoms with Crippen molar-refractivity contribution in [3.05, 3.63) is 23.8 Å². The second-order valence-corrected chi connectivity index (χ2v) is 5.95. The largest absolute Gasteiger partial charge is 0.497 e. The monoisotopic (exact) mass is 389 g/mol. The number of benzene rings is 1. The van der Waals surface area contributed by atoms with Crippen molar-refractivity contribution in [2.75, 3.05) is 27.3 Å². The quantitative estimate of drug-likeness (QED) is 0.484. The van der Waals surface area contributed by atoms with Crippen molar-refractivity contribution >= 4 is 24.2 Å². The zero-order chi connectivity index (χ0) is 19.0. The van der Waals surface area contributed by atoms with Gasteiger partial charge in [0.2, 0.25) is 11.8 Å². The van der Waals surface area contributed by atoms with Gasteiger partial charge >= 0.3 is 0 Å². The Kier molecular flexibility index (Phi) is 10.7. The van der Waals surface area contributed by atoms with Crippen LogP contribution in [0.4, 0.5) is 0 Å². The Bertz CT molecular complexity index is 576. The smallest absolute Gasteiger partial charge is 0.239 e. The van der Waals surface area contributed by atoms with Gasteiger partial charge in [-0.05, 0) is 23.6 Å². The second-order valence-electron chi connectivity index (χ2n) is 5.95. The van der Waals surface area contributed by atoms with Gasteiger partial charge in [-0.3, -0.25) is 9.59 Å². The van der Waals surface area contributed by atoms with Gasteiger partial charge in [0.1, 0.15) is 11.5 Å². The number of amides is 2. The van der Waals surface area contributed by atoms with E-state index in [9.17, 15) is 14.7 Å². The Morgan fingerprint density at radius 2 is 1.65 bits per heavy atom. The summed E-state index contributed by atoms with van der Waals surface area (Å²) in [6.07, 6.45) is -0.943. The van der Waals surface area contributed by atoms with Crippen LogP contribution in [0.3, 0.4) is 0 Å². The number of aliphatic hydroxyl groups is 1. The highest BCUT2D eigenvalue weighted by atomic mass is 35.5. The summed E-state index contributed by atoms with van der Waals surface area (Å²) in [7, 11) is 3.02. The van der Waals surface area contributed by atoms with Gasteiger partial charge < -0.3 is 30.9 Å². The minimum atomic E-state index is -0.943. The van der Waals surface area contributed by atoms with Crippen molar-refractivity contribution in [2.45, 2.75) is 26.0 Å². The molecule has 0 aromatic heterocycles. The lowest BCUT2D eigenvalue weighted by Gasteiger charge is -2.16. The van der Waals surface area contributed by atoms with E-state index in [0.717, 1.165) is 0 Å². The van der Waals surface area contributed by atoms with E-state index in [2.05, 4.69) is 10.6 Å². The maximum Gasteiger partial charge on any atom is 0.239 e. The van der Waals surface area contributed by atoms with Crippen molar-refractivity contribution in [3.63, 3.8) is 0 Å². The third-order valence-electron chi connectivity index (χ3n) is 3.70. The topological polar surface area (TPSA) is 123 Å². The van der Waals surface area contributed by atoms with E-state index in [-0.39, 0.29) is 37.3 Å². The number of ether oxygens (including phenoxy) is 2. The molecule has 8 nitrogen and oxygen atoms in total. The van der Waals surface area contributed by atoms with Gasteiger partial charge in [0.05, 0.1) is 32.9 Å². The Balaban J connectivity index is 0.00000625. The van der Waals surface area contributed by atoms with Crippen molar-refractivity contribution in [1.29, 1.82) is 0 Å². The molecule has 2 amide bonds. The number of carbonyl (C=O) groups excluding carboxylic acids is 2. The van der Waals surface area contributed by atoms with Crippen LogP contribution in [0.2, 0.25) is 0 Å². The molecule has 0 spiro atoms. The van der Waals surface area contributed by atoms with Gasteiger partial charge in [0.15, 0.2) is 0 Å². The summed E-state index contributed by atoms with van der Waals surface area (Å²) in [6.45, 7) is 3.43. The summed E-state index contributed by atoms with van der Waals surface area (Å²) in [6, 6.07) is 4.33. The van der Waals surface area contributed by atoms with Crippen LogP contribution >= 0.6 is 12.4 Å². The molecule has 1 aromatic carbocycles. The third kappa shape index (κ3) is 7.47. The number of nitrogens with two attached hydrogens (primary N) is 1. The summed E-state index contributed by atoms with van der Waals surface area (Å²) in [5.41, 5.74) is 6.24. The maximum absolute atomic E-state index is 11.8. The van der Waals surface area contributed by atoms with Gasteiger partial charge in [0.25, 0.3) is 0 Å². The fourth-order valence-electron chi connectivity index (χ4n) is 2.00. The zero-order valence-corrected chi connectivity index (χ0v) is 16.3. The molecular formula is C17H28ClN3O5. The van der Waals surface area contributed by atoms with Crippen LogP contribution in [0.1, 0.15) is 25.5 Å². The van der Waals surface area contributed by atoms with Crippen LogP contribution in [-0.4, -0.2) is 50.3 Å². The highest BCUT2D eigenvalue weighted by Crippen LogP contribution is 2.26. The van der Waals surface area contributed by atoms with E-state index in [4.69, 9.17) is 15.2 Å². The molecular weight excluding hydrogens is 362 g/mol. The summed E-state index contributed by atoms with van der Waals surface area (Å²) in [5, 5.41) is 15.2. The molecule has 26 heavy (non-hydrogen) atoms. The molecule has 1 aromatic rings. The average Bonchev–Trinajstić information content (AvgIpc) is 2.62. The minimum Gasteiger partial charge on any atom is -0.497 e. The Labute approximate surface area is 159 Å². The lowest BCUT2D eigenvalue weighted by atomic mass is 10.1. The Hall–Kier alpha value is -2.03. The number of hydrogen-bond donors (Lipinski definition) is 4. The normalized spacial score (nSPS) is 12.6. The standard InChI is InChI=1S/C17H27N3O5.ClH/c1-10(2)16(18)17(23)20-9-15(22)19-8-14(21)11-5-12(24-3)7-13(6-11)25-4;/h5-7,10,14,16,21H,8-9,18H2,1-4H3,(H,19,22)(H,20,23);1H/t14?,16-;/m0./s1. The number of halogens is 1. The highest BCUT2D eigenvalue weighted by molar-refractivity contribution is 5.87. The number of nitrogens with one attached hydrogen (secondary N) is 2. The number of aliphatic hydroxyl groups excluding tert-OH is 1. The summed E-state index contributed by atoms with van der Waals surface area (Å²) in [5.74, 6) is 0.249. The lowest BCUT2D eigenvalue weighted by molar-refractivity contribution is -0.127. The lowest BCUT2D eigenvalue weighted by Crippen LogP contribution is -2.47. The first kappa shape index (κ1) is 24.0. The van der Waals surface area contributed by atoms with Crippen LogP contribution in [0, 0.1) is 5.92 Å². The number of hydrogen-bond acceptors (Lipinski definition) is 6. The molecule has 0 fully saturated rings. The molecule has 0 radical (unpaired) electrons. The molecule has 1 rings (SSSR count). The average molecular weight is 390 g/mol.